The maximum Gasteiger partial charge on any atom is 0.249 e. The molecule has 0 fully saturated rings. The molecule has 2 rings (SSSR count). The fraction of sp³-hybridized carbons (Fsp3) is 0.357. The lowest BCUT2D eigenvalue weighted by Crippen LogP contribution is -2.31. The van der Waals surface area contributed by atoms with Crippen LogP contribution in [0.15, 0.2) is 34.9 Å². The maximum atomic E-state index is 11.8. The van der Waals surface area contributed by atoms with Gasteiger partial charge in [-0.15, -0.1) is 0 Å². The molecule has 0 aliphatic carbocycles. The summed E-state index contributed by atoms with van der Waals surface area (Å²) < 4.78 is 29.2. The number of benzene rings is 1. The van der Waals surface area contributed by atoms with E-state index in [4.69, 9.17) is 4.52 Å². The topological polar surface area (TPSA) is 114 Å². The lowest BCUT2D eigenvalue weighted by molar-refractivity contribution is -0.121. The molecule has 0 spiro atoms. The minimum Gasteiger partial charge on any atom is -0.345 e. The third-order valence-electron chi connectivity index (χ3n) is 2.94. The molecule has 1 unspecified atom stereocenters. The maximum absolute atomic E-state index is 11.8. The molecule has 1 aromatic heterocycles. The van der Waals surface area contributed by atoms with E-state index in [0.717, 1.165) is 11.8 Å². The molecule has 2 aromatic rings. The van der Waals surface area contributed by atoms with Crippen LogP contribution in [0.3, 0.4) is 0 Å². The number of aromatic nitrogens is 2. The third-order valence-corrected chi connectivity index (χ3v) is 3.67. The third kappa shape index (κ3) is 5.46. The Labute approximate surface area is 134 Å². The number of nitrogens with zero attached hydrogens (tertiary/aromatic N) is 2. The first-order valence-electron chi connectivity index (χ1n) is 6.98. The van der Waals surface area contributed by atoms with Gasteiger partial charge in [0, 0.05) is 18.5 Å². The Morgan fingerprint density at radius 1 is 1.30 bits per heavy atom. The SMILES string of the molecule is CC(NC(=O)CCNS(C)(=O)=O)c1nc(-c2ccccc2)no1. The highest BCUT2D eigenvalue weighted by Crippen LogP contribution is 2.18. The standard InChI is InChI=1S/C14H18N4O4S/c1-10(16-12(19)8-9-15-23(2,20)21)14-17-13(18-22-14)11-6-4-3-5-7-11/h3-7,10,15H,8-9H2,1-2H3,(H,16,19). The summed E-state index contributed by atoms with van der Waals surface area (Å²) in [5.41, 5.74) is 0.818. The summed E-state index contributed by atoms with van der Waals surface area (Å²) in [6, 6.07) is 8.86. The van der Waals surface area contributed by atoms with Crippen molar-refractivity contribution in [2.45, 2.75) is 19.4 Å². The zero-order chi connectivity index (χ0) is 16.9. The molecular formula is C14H18N4O4S. The molecule has 8 nitrogen and oxygen atoms in total. The van der Waals surface area contributed by atoms with Crippen LogP contribution >= 0.6 is 0 Å². The first kappa shape index (κ1) is 17.1. The number of hydrogen-bond donors (Lipinski definition) is 2. The van der Waals surface area contributed by atoms with Crippen LogP contribution in [0.25, 0.3) is 11.4 Å². The molecule has 2 N–H and O–H groups in total. The quantitative estimate of drug-likeness (QED) is 0.773. The number of carbonyl (C=O) groups is 1. The second kappa shape index (κ2) is 7.34. The van der Waals surface area contributed by atoms with Gasteiger partial charge in [-0.3, -0.25) is 4.79 Å². The Kier molecular flexibility index (Phi) is 5.45. The molecule has 124 valence electrons. The zero-order valence-electron chi connectivity index (χ0n) is 12.8. The number of rotatable bonds is 7. The Hall–Kier alpha value is -2.26. The second-order valence-electron chi connectivity index (χ2n) is 5.03. The fourth-order valence-electron chi connectivity index (χ4n) is 1.84. The normalized spacial score (nSPS) is 12.8. The van der Waals surface area contributed by atoms with Crippen LogP contribution < -0.4 is 10.0 Å². The molecule has 9 heteroatoms. The van der Waals surface area contributed by atoms with Crippen LogP contribution in [0.4, 0.5) is 0 Å². The predicted octanol–water partition coefficient (Wildman–Crippen LogP) is 0.853. The number of sulfonamides is 1. The summed E-state index contributed by atoms with van der Waals surface area (Å²) in [5.74, 6) is 0.418. The van der Waals surface area contributed by atoms with Gasteiger partial charge in [-0.25, -0.2) is 13.1 Å². The van der Waals surface area contributed by atoms with Gasteiger partial charge in [0.2, 0.25) is 27.6 Å². The fourth-order valence-corrected chi connectivity index (χ4v) is 2.31. The average molecular weight is 338 g/mol. The summed E-state index contributed by atoms with van der Waals surface area (Å²) in [7, 11) is -3.30. The van der Waals surface area contributed by atoms with E-state index in [1.54, 1.807) is 6.92 Å². The molecule has 0 saturated heterocycles. The van der Waals surface area contributed by atoms with Crippen molar-refractivity contribution >= 4 is 15.9 Å². The Bertz CT molecular complexity index is 758. The summed E-state index contributed by atoms with van der Waals surface area (Å²) >= 11 is 0. The predicted molar refractivity (Wildman–Crippen MR) is 83.8 cm³/mol. The van der Waals surface area contributed by atoms with E-state index in [2.05, 4.69) is 20.2 Å². The molecule has 0 saturated carbocycles. The van der Waals surface area contributed by atoms with Crippen molar-refractivity contribution in [3.63, 3.8) is 0 Å². The number of carbonyl (C=O) groups excluding carboxylic acids is 1. The molecule has 1 atom stereocenters. The average Bonchev–Trinajstić information content (AvgIpc) is 2.96. The molecule has 0 radical (unpaired) electrons. The lowest BCUT2D eigenvalue weighted by Gasteiger charge is -2.09. The molecule has 0 aliphatic rings. The highest BCUT2D eigenvalue weighted by atomic mass is 32.2. The minimum atomic E-state index is -3.30. The zero-order valence-corrected chi connectivity index (χ0v) is 13.6. The van der Waals surface area contributed by atoms with Gasteiger partial charge < -0.3 is 9.84 Å². The molecule has 23 heavy (non-hydrogen) atoms. The van der Waals surface area contributed by atoms with Crippen LogP contribution in [-0.4, -0.2) is 37.3 Å². The monoisotopic (exact) mass is 338 g/mol. The van der Waals surface area contributed by atoms with Gasteiger partial charge in [-0.1, -0.05) is 35.5 Å². The van der Waals surface area contributed by atoms with Gasteiger partial charge in [0.05, 0.1) is 6.26 Å². The lowest BCUT2D eigenvalue weighted by atomic mass is 10.2. The van der Waals surface area contributed by atoms with Crippen molar-refractivity contribution in [2.24, 2.45) is 0 Å². The van der Waals surface area contributed by atoms with Gasteiger partial charge in [0.25, 0.3) is 0 Å². The van der Waals surface area contributed by atoms with Crippen LogP contribution in [-0.2, 0) is 14.8 Å². The molecule has 1 heterocycles. The second-order valence-corrected chi connectivity index (χ2v) is 6.86. The van der Waals surface area contributed by atoms with Gasteiger partial charge >= 0.3 is 0 Å². The molecule has 0 aliphatic heterocycles. The van der Waals surface area contributed by atoms with E-state index in [9.17, 15) is 13.2 Å². The summed E-state index contributed by atoms with van der Waals surface area (Å²) in [6.07, 6.45) is 1.06. The van der Waals surface area contributed by atoms with Crippen molar-refractivity contribution < 1.29 is 17.7 Å². The van der Waals surface area contributed by atoms with E-state index < -0.39 is 16.1 Å². The van der Waals surface area contributed by atoms with Crippen LogP contribution in [0, 0.1) is 0 Å². The van der Waals surface area contributed by atoms with Crippen LogP contribution in [0.2, 0.25) is 0 Å². The Morgan fingerprint density at radius 2 is 2.00 bits per heavy atom. The Morgan fingerprint density at radius 3 is 2.65 bits per heavy atom. The van der Waals surface area contributed by atoms with Crippen molar-refractivity contribution in [2.75, 3.05) is 12.8 Å². The van der Waals surface area contributed by atoms with E-state index in [1.165, 1.54) is 0 Å². The number of amides is 1. The summed E-state index contributed by atoms with van der Waals surface area (Å²) in [5, 5.41) is 6.56. The van der Waals surface area contributed by atoms with Crippen molar-refractivity contribution in [3.05, 3.63) is 36.2 Å². The summed E-state index contributed by atoms with van der Waals surface area (Å²) in [6.45, 7) is 1.75. The van der Waals surface area contributed by atoms with E-state index in [-0.39, 0.29) is 24.8 Å². The van der Waals surface area contributed by atoms with E-state index >= 15 is 0 Å². The first-order valence-corrected chi connectivity index (χ1v) is 8.87. The van der Waals surface area contributed by atoms with Gasteiger partial charge in [0.15, 0.2) is 0 Å². The van der Waals surface area contributed by atoms with E-state index in [0.29, 0.717) is 5.82 Å². The van der Waals surface area contributed by atoms with Gasteiger partial charge in [-0.05, 0) is 6.92 Å². The highest BCUT2D eigenvalue weighted by Gasteiger charge is 2.17. The highest BCUT2D eigenvalue weighted by molar-refractivity contribution is 7.88. The van der Waals surface area contributed by atoms with Crippen molar-refractivity contribution in [1.82, 2.24) is 20.2 Å². The first-order chi connectivity index (χ1) is 10.8. The minimum absolute atomic E-state index is 0.0249. The van der Waals surface area contributed by atoms with Crippen LogP contribution in [0.1, 0.15) is 25.3 Å². The van der Waals surface area contributed by atoms with Gasteiger partial charge in [0.1, 0.15) is 6.04 Å². The van der Waals surface area contributed by atoms with Crippen molar-refractivity contribution in [1.29, 1.82) is 0 Å². The Balaban J connectivity index is 1.90. The molecule has 0 bridgehead atoms. The smallest absolute Gasteiger partial charge is 0.249 e. The summed E-state index contributed by atoms with van der Waals surface area (Å²) in [4.78, 5) is 16.0. The molecule has 1 amide bonds. The largest absolute Gasteiger partial charge is 0.345 e. The van der Waals surface area contributed by atoms with Crippen molar-refractivity contribution in [3.8, 4) is 11.4 Å². The molecular weight excluding hydrogens is 320 g/mol. The number of nitrogens with one attached hydrogen (secondary N) is 2. The van der Waals surface area contributed by atoms with Gasteiger partial charge in [-0.2, -0.15) is 4.98 Å². The van der Waals surface area contributed by atoms with E-state index in [1.807, 2.05) is 30.3 Å². The number of hydrogen-bond acceptors (Lipinski definition) is 6. The molecule has 1 aromatic carbocycles. The van der Waals surface area contributed by atoms with Crippen LogP contribution in [0.5, 0.6) is 0 Å².